The van der Waals surface area contributed by atoms with Gasteiger partial charge in [-0.1, -0.05) is 13.8 Å². The Balaban J connectivity index is 3.33. The minimum absolute atomic E-state index is 0.233. The molecule has 0 aliphatic carbocycles. The van der Waals surface area contributed by atoms with Crippen molar-refractivity contribution in [2.24, 2.45) is 0 Å². The van der Waals surface area contributed by atoms with Crippen LogP contribution >= 0.6 is 0 Å². The first-order valence-electron chi connectivity index (χ1n) is 4.05. The molecule has 0 unspecified atom stereocenters. The Morgan fingerprint density at radius 3 is 2.00 bits per heavy atom. The van der Waals surface area contributed by atoms with Gasteiger partial charge in [0.15, 0.2) is 0 Å². The minimum atomic E-state index is 0.233. The monoisotopic (exact) mass is 166 g/mol. The minimum Gasteiger partial charge on any atom is -0.508 e. The first kappa shape index (κ1) is 8.91. The lowest BCUT2D eigenvalue weighted by atomic mass is 9.96. The summed E-state index contributed by atoms with van der Waals surface area (Å²) in [5.41, 5.74) is 1.60. The summed E-state index contributed by atoms with van der Waals surface area (Å²) in [6.45, 7) is 5.79. The van der Waals surface area contributed by atoms with Gasteiger partial charge in [-0.2, -0.15) is 0 Å². The molecule has 0 saturated heterocycles. The Morgan fingerprint density at radius 2 is 1.58 bits per heavy atom. The van der Waals surface area contributed by atoms with Crippen LogP contribution in [0.25, 0.3) is 0 Å². The molecule has 0 fully saturated rings. The van der Waals surface area contributed by atoms with E-state index >= 15 is 0 Å². The van der Waals surface area contributed by atoms with E-state index in [0.717, 1.165) is 11.1 Å². The average molecular weight is 166 g/mol. The van der Waals surface area contributed by atoms with Crippen molar-refractivity contribution in [3.8, 4) is 11.5 Å². The summed E-state index contributed by atoms with van der Waals surface area (Å²) in [6, 6.07) is 3.04. The third-order valence-electron chi connectivity index (χ3n) is 2.04. The summed E-state index contributed by atoms with van der Waals surface area (Å²) in [7, 11) is 0. The number of hydrogen-bond acceptors (Lipinski definition) is 2. The summed E-state index contributed by atoms with van der Waals surface area (Å²) in [4.78, 5) is 0. The quantitative estimate of drug-likeness (QED) is 0.629. The molecule has 0 bridgehead atoms. The van der Waals surface area contributed by atoms with Gasteiger partial charge in [-0.25, -0.2) is 0 Å². The normalized spacial score (nSPS) is 10.7. The van der Waals surface area contributed by atoms with Gasteiger partial charge in [0.25, 0.3) is 0 Å². The smallest absolute Gasteiger partial charge is 0.119 e. The largest absolute Gasteiger partial charge is 0.508 e. The standard InChI is InChI=1S/C10H14O2/c1-6(2)10-7(3)8(11)4-5-9(10)12/h4-6,11-12H,1-3H3. The van der Waals surface area contributed by atoms with Crippen molar-refractivity contribution in [2.45, 2.75) is 26.7 Å². The lowest BCUT2D eigenvalue weighted by Crippen LogP contribution is -1.92. The van der Waals surface area contributed by atoms with E-state index in [2.05, 4.69) is 0 Å². The molecule has 2 heteroatoms. The summed E-state index contributed by atoms with van der Waals surface area (Å²) in [5.74, 6) is 0.744. The van der Waals surface area contributed by atoms with Crippen molar-refractivity contribution in [1.82, 2.24) is 0 Å². The number of rotatable bonds is 1. The second-order valence-corrected chi connectivity index (χ2v) is 3.30. The van der Waals surface area contributed by atoms with Crippen LogP contribution in [-0.2, 0) is 0 Å². The maximum absolute atomic E-state index is 9.48. The second kappa shape index (κ2) is 3.05. The van der Waals surface area contributed by atoms with E-state index in [0.29, 0.717) is 0 Å². The van der Waals surface area contributed by atoms with Crippen molar-refractivity contribution in [3.63, 3.8) is 0 Å². The molecule has 0 aliphatic rings. The van der Waals surface area contributed by atoms with E-state index in [1.165, 1.54) is 12.1 Å². The summed E-state index contributed by atoms with van der Waals surface area (Å²) >= 11 is 0. The van der Waals surface area contributed by atoms with Crippen LogP contribution in [0, 0.1) is 6.92 Å². The highest BCUT2D eigenvalue weighted by atomic mass is 16.3. The van der Waals surface area contributed by atoms with E-state index in [9.17, 15) is 10.2 Å². The fourth-order valence-corrected chi connectivity index (χ4v) is 1.43. The van der Waals surface area contributed by atoms with Crippen LogP contribution in [0.2, 0.25) is 0 Å². The second-order valence-electron chi connectivity index (χ2n) is 3.30. The third kappa shape index (κ3) is 1.37. The average Bonchev–Trinajstić information content (AvgIpc) is 1.97. The van der Waals surface area contributed by atoms with E-state index < -0.39 is 0 Å². The Bertz CT molecular complexity index is 290. The predicted molar refractivity (Wildman–Crippen MR) is 48.6 cm³/mol. The van der Waals surface area contributed by atoms with E-state index in [1.54, 1.807) is 0 Å². The van der Waals surface area contributed by atoms with Crippen molar-refractivity contribution in [1.29, 1.82) is 0 Å². The number of hydrogen-bond donors (Lipinski definition) is 2. The number of phenols is 2. The highest BCUT2D eigenvalue weighted by Gasteiger charge is 2.11. The molecule has 0 spiro atoms. The van der Waals surface area contributed by atoms with Crippen LogP contribution in [0.3, 0.4) is 0 Å². The van der Waals surface area contributed by atoms with Crippen LogP contribution in [0.4, 0.5) is 0 Å². The topological polar surface area (TPSA) is 40.5 Å². The SMILES string of the molecule is Cc1c(O)ccc(O)c1C(C)C. The molecule has 2 nitrogen and oxygen atoms in total. The van der Waals surface area contributed by atoms with Gasteiger partial charge in [-0.3, -0.25) is 0 Å². The molecular formula is C10H14O2. The predicted octanol–water partition coefficient (Wildman–Crippen LogP) is 2.53. The summed E-state index contributed by atoms with van der Waals surface area (Å²) < 4.78 is 0. The first-order chi connectivity index (χ1) is 5.54. The van der Waals surface area contributed by atoms with Crippen LogP contribution in [0.15, 0.2) is 12.1 Å². The lowest BCUT2D eigenvalue weighted by Gasteiger charge is -2.12. The third-order valence-corrected chi connectivity index (χ3v) is 2.04. The zero-order chi connectivity index (χ0) is 9.30. The van der Waals surface area contributed by atoms with Crippen LogP contribution < -0.4 is 0 Å². The van der Waals surface area contributed by atoms with E-state index in [-0.39, 0.29) is 17.4 Å². The number of benzene rings is 1. The van der Waals surface area contributed by atoms with Crippen LogP contribution in [0.1, 0.15) is 30.9 Å². The molecule has 0 heterocycles. The Kier molecular flexibility index (Phi) is 2.27. The molecule has 1 aromatic carbocycles. The van der Waals surface area contributed by atoms with Crippen LogP contribution in [0.5, 0.6) is 11.5 Å². The van der Waals surface area contributed by atoms with Crippen molar-refractivity contribution in [2.75, 3.05) is 0 Å². The van der Waals surface area contributed by atoms with Gasteiger partial charge in [-0.05, 0) is 30.5 Å². The Labute approximate surface area is 72.5 Å². The van der Waals surface area contributed by atoms with Gasteiger partial charge in [0.05, 0.1) is 0 Å². The van der Waals surface area contributed by atoms with Gasteiger partial charge < -0.3 is 10.2 Å². The van der Waals surface area contributed by atoms with E-state index in [4.69, 9.17) is 0 Å². The molecule has 12 heavy (non-hydrogen) atoms. The van der Waals surface area contributed by atoms with E-state index in [1.807, 2.05) is 20.8 Å². The molecule has 0 radical (unpaired) electrons. The number of phenolic OH excluding ortho intramolecular Hbond substituents is 2. The molecule has 1 rings (SSSR count). The fourth-order valence-electron chi connectivity index (χ4n) is 1.43. The molecule has 0 atom stereocenters. The fraction of sp³-hybridized carbons (Fsp3) is 0.400. The molecule has 0 aliphatic heterocycles. The molecule has 66 valence electrons. The maximum atomic E-state index is 9.48. The lowest BCUT2D eigenvalue weighted by molar-refractivity contribution is 0.447. The van der Waals surface area contributed by atoms with Crippen molar-refractivity contribution < 1.29 is 10.2 Å². The summed E-state index contributed by atoms with van der Waals surface area (Å²) in [6.07, 6.45) is 0. The Hall–Kier alpha value is -1.18. The molecule has 1 aromatic rings. The first-order valence-corrected chi connectivity index (χ1v) is 4.05. The highest BCUT2D eigenvalue weighted by molar-refractivity contribution is 5.47. The highest BCUT2D eigenvalue weighted by Crippen LogP contribution is 2.33. The molecule has 0 amide bonds. The van der Waals surface area contributed by atoms with Crippen LogP contribution in [-0.4, -0.2) is 10.2 Å². The molecule has 0 aromatic heterocycles. The zero-order valence-corrected chi connectivity index (χ0v) is 7.63. The van der Waals surface area contributed by atoms with Gasteiger partial charge >= 0.3 is 0 Å². The van der Waals surface area contributed by atoms with Crippen molar-refractivity contribution in [3.05, 3.63) is 23.3 Å². The van der Waals surface area contributed by atoms with Crippen molar-refractivity contribution >= 4 is 0 Å². The van der Waals surface area contributed by atoms with Gasteiger partial charge in [0.1, 0.15) is 11.5 Å². The molecule has 2 N–H and O–H groups in total. The summed E-state index contributed by atoms with van der Waals surface area (Å²) in [5, 5.41) is 18.8. The van der Waals surface area contributed by atoms with Gasteiger partial charge in [0.2, 0.25) is 0 Å². The van der Waals surface area contributed by atoms with Gasteiger partial charge in [0, 0.05) is 5.56 Å². The zero-order valence-electron chi connectivity index (χ0n) is 7.63. The number of aromatic hydroxyl groups is 2. The van der Waals surface area contributed by atoms with Gasteiger partial charge in [-0.15, -0.1) is 0 Å². The Morgan fingerprint density at radius 1 is 1.08 bits per heavy atom. The molecule has 0 saturated carbocycles. The maximum Gasteiger partial charge on any atom is 0.119 e. The molecular weight excluding hydrogens is 152 g/mol.